The fourth-order valence-electron chi connectivity index (χ4n) is 1.36. The molecule has 1 aromatic rings. The standard InChI is InChI=1S/C11H10F3N3O2/c1-6(4-9(18)19)16-10-7(5-15)2-3-8(17-10)11(12,13)14/h2-3,6H,4H2,1H3,(H,16,17)(H,18,19). The second kappa shape index (κ2) is 5.56. The van der Waals surface area contributed by atoms with Gasteiger partial charge in [-0.2, -0.15) is 18.4 Å². The van der Waals surface area contributed by atoms with E-state index in [4.69, 9.17) is 10.4 Å². The molecule has 1 heterocycles. The molecule has 0 spiro atoms. The zero-order chi connectivity index (χ0) is 14.6. The molecular weight excluding hydrogens is 263 g/mol. The molecule has 1 unspecified atom stereocenters. The van der Waals surface area contributed by atoms with Crippen LogP contribution < -0.4 is 5.32 Å². The Labute approximate surface area is 106 Å². The number of aliphatic carboxylic acids is 1. The SMILES string of the molecule is CC(CC(=O)O)Nc1nc(C(F)(F)F)ccc1C#N. The summed E-state index contributed by atoms with van der Waals surface area (Å²) in [4.78, 5) is 13.8. The van der Waals surface area contributed by atoms with Crippen molar-refractivity contribution < 1.29 is 23.1 Å². The van der Waals surface area contributed by atoms with E-state index < -0.39 is 23.9 Å². The zero-order valence-corrected chi connectivity index (χ0v) is 9.82. The molecule has 1 atom stereocenters. The fraction of sp³-hybridized carbons (Fsp3) is 0.364. The number of carboxylic acid groups (broad SMARTS) is 1. The Kier molecular flexibility index (Phi) is 4.32. The monoisotopic (exact) mass is 273 g/mol. The van der Waals surface area contributed by atoms with Crippen molar-refractivity contribution >= 4 is 11.8 Å². The van der Waals surface area contributed by atoms with Crippen molar-refractivity contribution in [3.8, 4) is 6.07 Å². The van der Waals surface area contributed by atoms with E-state index in [1.54, 1.807) is 6.07 Å². The molecule has 19 heavy (non-hydrogen) atoms. The normalized spacial score (nSPS) is 12.6. The Bertz CT molecular complexity index is 523. The highest BCUT2D eigenvalue weighted by molar-refractivity contribution is 5.68. The van der Waals surface area contributed by atoms with Crippen LogP contribution in [-0.2, 0) is 11.0 Å². The lowest BCUT2D eigenvalue weighted by Gasteiger charge is -2.15. The minimum Gasteiger partial charge on any atom is -0.481 e. The average Bonchev–Trinajstić information content (AvgIpc) is 2.26. The number of alkyl halides is 3. The molecule has 0 aromatic carbocycles. The number of carboxylic acids is 1. The van der Waals surface area contributed by atoms with Crippen molar-refractivity contribution in [3.05, 3.63) is 23.4 Å². The van der Waals surface area contributed by atoms with Gasteiger partial charge in [-0.25, -0.2) is 4.98 Å². The third kappa shape index (κ3) is 4.13. The van der Waals surface area contributed by atoms with Crippen LogP contribution in [0.1, 0.15) is 24.6 Å². The van der Waals surface area contributed by atoms with Crippen LogP contribution in [0.3, 0.4) is 0 Å². The molecule has 0 saturated heterocycles. The second-order valence-corrected chi connectivity index (χ2v) is 3.85. The summed E-state index contributed by atoms with van der Waals surface area (Å²) >= 11 is 0. The third-order valence-corrected chi connectivity index (χ3v) is 2.17. The number of pyridine rings is 1. The Morgan fingerprint density at radius 1 is 1.58 bits per heavy atom. The van der Waals surface area contributed by atoms with E-state index in [0.29, 0.717) is 6.07 Å². The molecule has 102 valence electrons. The number of rotatable bonds is 4. The van der Waals surface area contributed by atoms with E-state index in [-0.39, 0.29) is 17.8 Å². The average molecular weight is 273 g/mol. The van der Waals surface area contributed by atoms with Gasteiger partial charge >= 0.3 is 12.1 Å². The number of nitrogens with zero attached hydrogens (tertiary/aromatic N) is 2. The van der Waals surface area contributed by atoms with Crippen LogP contribution in [0.5, 0.6) is 0 Å². The summed E-state index contributed by atoms with van der Waals surface area (Å²) in [6.45, 7) is 1.47. The molecule has 8 heteroatoms. The molecule has 0 radical (unpaired) electrons. The summed E-state index contributed by atoms with van der Waals surface area (Å²) in [5, 5.41) is 19.8. The van der Waals surface area contributed by atoms with E-state index >= 15 is 0 Å². The van der Waals surface area contributed by atoms with Gasteiger partial charge in [-0.05, 0) is 19.1 Å². The summed E-state index contributed by atoms with van der Waals surface area (Å²) in [5.41, 5.74) is -1.22. The van der Waals surface area contributed by atoms with Gasteiger partial charge in [0.2, 0.25) is 0 Å². The van der Waals surface area contributed by atoms with Crippen molar-refractivity contribution in [2.24, 2.45) is 0 Å². The van der Waals surface area contributed by atoms with E-state index in [0.717, 1.165) is 6.07 Å². The summed E-state index contributed by atoms with van der Waals surface area (Å²) in [6, 6.07) is 2.73. The lowest BCUT2D eigenvalue weighted by atomic mass is 10.2. The van der Waals surface area contributed by atoms with Gasteiger partial charge in [0.1, 0.15) is 17.6 Å². The van der Waals surface area contributed by atoms with Gasteiger partial charge in [0.05, 0.1) is 12.0 Å². The minimum atomic E-state index is -4.62. The first-order chi connectivity index (χ1) is 8.74. The summed E-state index contributed by atoms with van der Waals surface area (Å²) in [5.74, 6) is -1.38. The van der Waals surface area contributed by atoms with Crippen molar-refractivity contribution in [2.45, 2.75) is 25.6 Å². The molecule has 0 aliphatic heterocycles. The van der Waals surface area contributed by atoms with E-state index in [1.165, 1.54) is 6.92 Å². The highest BCUT2D eigenvalue weighted by Crippen LogP contribution is 2.29. The van der Waals surface area contributed by atoms with Crippen LogP contribution in [0.25, 0.3) is 0 Å². The lowest BCUT2D eigenvalue weighted by molar-refractivity contribution is -0.141. The Morgan fingerprint density at radius 3 is 2.68 bits per heavy atom. The molecule has 2 N–H and O–H groups in total. The van der Waals surface area contributed by atoms with E-state index in [1.807, 2.05) is 0 Å². The smallest absolute Gasteiger partial charge is 0.433 e. The molecule has 0 amide bonds. The molecule has 0 aliphatic rings. The summed E-state index contributed by atoms with van der Waals surface area (Å²) < 4.78 is 37.5. The predicted octanol–water partition coefficient (Wildman–Crippen LogP) is 2.25. The van der Waals surface area contributed by atoms with E-state index in [2.05, 4.69) is 10.3 Å². The molecule has 1 aromatic heterocycles. The van der Waals surface area contributed by atoms with Crippen LogP contribution in [0.4, 0.5) is 19.0 Å². The van der Waals surface area contributed by atoms with Crippen LogP contribution in [0.15, 0.2) is 12.1 Å². The largest absolute Gasteiger partial charge is 0.481 e. The highest BCUT2D eigenvalue weighted by atomic mass is 19.4. The topological polar surface area (TPSA) is 86.0 Å². The van der Waals surface area contributed by atoms with Crippen LogP contribution in [-0.4, -0.2) is 22.1 Å². The first kappa shape index (κ1) is 14.8. The molecule has 1 rings (SSSR count). The first-order valence-corrected chi connectivity index (χ1v) is 5.20. The quantitative estimate of drug-likeness (QED) is 0.878. The van der Waals surface area contributed by atoms with Crippen molar-refractivity contribution in [2.75, 3.05) is 5.32 Å². The maximum Gasteiger partial charge on any atom is 0.433 e. The zero-order valence-electron chi connectivity index (χ0n) is 9.82. The molecule has 0 aliphatic carbocycles. The van der Waals surface area contributed by atoms with Gasteiger partial charge < -0.3 is 10.4 Å². The van der Waals surface area contributed by atoms with Gasteiger partial charge in [0.25, 0.3) is 0 Å². The minimum absolute atomic E-state index is 0.0785. The lowest BCUT2D eigenvalue weighted by Crippen LogP contribution is -2.21. The molecule has 0 fully saturated rings. The van der Waals surface area contributed by atoms with Gasteiger partial charge in [0.15, 0.2) is 0 Å². The number of hydrogen-bond donors (Lipinski definition) is 2. The van der Waals surface area contributed by atoms with E-state index in [9.17, 15) is 18.0 Å². The maximum absolute atomic E-state index is 12.5. The third-order valence-electron chi connectivity index (χ3n) is 2.17. The molecule has 5 nitrogen and oxygen atoms in total. The van der Waals surface area contributed by atoms with Gasteiger partial charge in [-0.3, -0.25) is 4.79 Å². The number of aromatic nitrogens is 1. The van der Waals surface area contributed by atoms with Crippen molar-refractivity contribution in [1.82, 2.24) is 4.98 Å². The summed E-state index contributed by atoms with van der Waals surface area (Å²) in [6.07, 6.45) is -4.93. The van der Waals surface area contributed by atoms with Gasteiger partial charge in [-0.15, -0.1) is 0 Å². The number of nitriles is 1. The Balaban J connectivity index is 3.04. The van der Waals surface area contributed by atoms with Crippen LogP contribution in [0.2, 0.25) is 0 Å². The second-order valence-electron chi connectivity index (χ2n) is 3.85. The predicted molar refractivity (Wildman–Crippen MR) is 59.3 cm³/mol. The van der Waals surface area contributed by atoms with Crippen molar-refractivity contribution in [3.63, 3.8) is 0 Å². The number of hydrogen-bond acceptors (Lipinski definition) is 4. The summed E-state index contributed by atoms with van der Waals surface area (Å²) in [7, 11) is 0. The number of halogens is 3. The highest BCUT2D eigenvalue weighted by Gasteiger charge is 2.33. The Morgan fingerprint density at radius 2 is 2.21 bits per heavy atom. The number of carbonyl (C=O) groups is 1. The molecule has 0 bridgehead atoms. The van der Waals surface area contributed by atoms with Crippen molar-refractivity contribution in [1.29, 1.82) is 5.26 Å². The first-order valence-electron chi connectivity index (χ1n) is 5.20. The maximum atomic E-state index is 12.5. The fourth-order valence-corrected chi connectivity index (χ4v) is 1.36. The van der Waals surface area contributed by atoms with Crippen LogP contribution >= 0.6 is 0 Å². The molecule has 0 saturated carbocycles. The molecular formula is C11H10F3N3O2. The van der Waals surface area contributed by atoms with Gasteiger partial charge in [-0.1, -0.05) is 0 Å². The van der Waals surface area contributed by atoms with Gasteiger partial charge in [0, 0.05) is 6.04 Å². The number of nitrogens with one attached hydrogen (secondary N) is 1. The Hall–Kier alpha value is -2.30. The van der Waals surface area contributed by atoms with Crippen LogP contribution in [0, 0.1) is 11.3 Å². The number of anilines is 1.